The number of carbonyl (C=O) groups excluding carboxylic acids is 1. The van der Waals surface area contributed by atoms with Crippen LogP contribution in [0.1, 0.15) is 43.7 Å². The molecule has 168 valence electrons. The lowest BCUT2D eigenvalue weighted by atomic mass is 9.96. The summed E-state index contributed by atoms with van der Waals surface area (Å²) >= 11 is 1.54. The first-order valence-corrected chi connectivity index (χ1v) is 11.3. The molecule has 1 aromatic carbocycles. The summed E-state index contributed by atoms with van der Waals surface area (Å²) in [5.41, 5.74) is 4.13. The van der Waals surface area contributed by atoms with Crippen molar-refractivity contribution in [1.29, 1.82) is 0 Å². The van der Waals surface area contributed by atoms with E-state index in [1.165, 1.54) is 17.6 Å². The minimum absolute atomic E-state index is 0.206. The highest BCUT2D eigenvalue weighted by molar-refractivity contribution is 7.16. The van der Waals surface area contributed by atoms with E-state index in [1.807, 2.05) is 44.2 Å². The number of fused-ring (bicyclic) bond motifs is 1. The van der Waals surface area contributed by atoms with Crippen LogP contribution in [0.25, 0.3) is 0 Å². The second kappa shape index (κ2) is 8.63. The number of rotatable bonds is 6. The topological polar surface area (TPSA) is 85.6 Å². The summed E-state index contributed by atoms with van der Waals surface area (Å²) < 4.78 is 16.4. The third kappa shape index (κ3) is 4.17. The number of thiophene rings is 1. The van der Waals surface area contributed by atoms with E-state index in [-0.39, 0.29) is 24.5 Å². The van der Waals surface area contributed by atoms with Gasteiger partial charge in [0.2, 0.25) is 6.79 Å². The van der Waals surface area contributed by atoms with Crippen molar-refractivity contribution in [2.45, 2.75) is 26.8 Å². The first-order chi connectivity index (χ1) is 16.0. The minimum atomic E-state index is -0.291. The molecule has 8 heteroatoms. The molecule has 4 aromatic rings. The van der Waals surface area contributed by atoms with Crippen molar-refractivity contribution >= 4 is 28.1 Å². The van der Waals surface area contributed by atoms with Gasteiger partial charge in [-0.15, -0.1) is 11.3 Å². The van der Waals surface area contributed by atoms with Gasteiger partial charge in [0.15, 0.2) is 17.3 Å². The summed E-state index contributed by atoms with van der Waals surface area (Å²) in [4.78, 5) is 18.4. The second-order valence-electron chi connectivity index (χ2n) is 7.87. The average molecular weight is 462 g/mol. The molecular formula is C25H23N3O4S. The number of nitrogens with one attached hydrogen (secondary N) is 2. The van der Waals surface area contributed by atoms with E-state index in [0.29, 0.717) is 5.75 Å². The Bertz CT molecular complexity index is 1310. The molecule has 1 amide bonds. The number of amides is 1. The van der Waals surface area contributed by atoms with Gasteiger partial charge in [0.1, 0.15) is 10.8 Å². The van der Waals surface area contributed by atoms with Crippen LogP contribution in [-0.4, -0.2) is 17.7 Å². The molecule has 3 aromatic heterocycles. The van der Waals surface area contributed by atoms with Crippen LogP contribution in [0.15, 0.2) is 59.3 Å². The smallest absolute Gasteiger partial charge is 0.291 e. The highest BCUT2D eigenvalue weighted by Gasteiger charge is 2.27. The van der Waals surface area contributed by atoms with Gasteiger partial charge in [-0.2, -0.15) is 0 Å². The number of nitrogens with zero attached hydrogens (tertiary/aromatic N) is 1. The highest BCUT2D eigenvalue weighted by Crippen LogP contribution is 2.43. The Kier molecular flexibility index (Phi) is 5.51. The third-order valence-corrected chi connectivity index (χ3v) is 6.77. The monoisotopic (exact) mass is 461 g/mol. The van der Waals surface area contributed by atoms with Crippen LogP contribution in [0.2, 0.25) is 0 Å². The van der Waals surface area contributed by atoms with E-state index in [2.05, 4.69) is 22.5 Å². The predicted molar refractivity (Wildman–Crippen MR) is 127 cm³/mol. The maximum atomic E-state index is 12.8. The molecule has 0 saturated carbocycles. The molecule has 1 aliphatic rings. The fraction of sp³-hybridized carbons (Fsp3) is 0.200. The summed E-state index contributed by atoms with van der Waals surface area (Å²) in [6, 6.07) is 12.9. The number of aromatic nitrogens is 1. The standard InChI is InChI=1S/C25H23N3O4S/c1-14-8-9-26-21(11-14)27-23(17-6-7-18-20(12-17)32-13-31-18)22-15(2)16(3)33-25(22)28-24(29)19-5-4-10-30-19/h4-12,23H,13H2,1-3H3,(H,26,27)(H,28,29)/t23-/m1/s1. The van der Waals surface area contributed by atoms with Gasteiger partial charge in [-0.05, 0) is 73.9 Å². The zero-order valence-electron chi connectivity index (χ0n) is 18.5. The van der Waals surface area contributed by atoms with E-state index in [4.69, 9.17) is 13.9 Å². The van der Waals surface area contributed by atoms with Gasteiger partial charge in [-0.3, -0.25) is 4.79 Å². The summed E-state index contributed by atoms with van der Waals surface area (Å²) in [6.07, 6.45) is 3.26. The Hall–Kier alpha value is -3.78. The molecule has 0 bridgehead atoms. The highest BCUT2D eigenvalue weighted by atomic mass is 32.1. The fourth-order valence-electron chi connectivity index (χ4n) is 3.84. The summed E-state index contributed by atoms with van der Waals surface area (Å²) in [7, 11) is 0. The lowest BCUT2D eigenvalue weighted by Crippen LogP contribution is -2.17. The predicted octanol–water partition coefficient (Wildman–Crippen LogP) is 5.84. The van der Waals surface area contributed by atoms with Crippen LogP contribution in [0.4, 0.5) is 10.8 Å². The largest absolute Gasteiger partial charge is 0.459 e. The average Bonchev–Trinajstić information content (AvgIpc) is 3.54. The quantitative estimate of drug-likeness (QED) is 0.375. The first kappa shape index (κ1) is 21.1. The Labute approximate surface area is 195 Å². The van der Waals surface area contributed by atoms with Crippen molar-refractivity contribution in [3.05, 3.63) is 87.8 Å². The number of aryl methyl sites for hydroxylation is 2. The second-order valence-corrected chi connectivity index (χ2v) is 9.09. The van der Waals surface area contributed by atoms with Gasteiger partial charge in [0.05, 0.1) is 12.3 Å². The number of furan rings is 1. The maximum absolute atomic E-state index is 12.8. The molecule has 33 heavy (non-hydrogen) atoms. The molecule has 5 rings (SSSR count). The van der Waals surface area contributed by atoms with Crippen molar-refractivity contribution in [2.75, 3.05) is 17.4 Å². The summed E-state index contributed by atoms with van der Waals surface area (Å²) in [5.74, 6) is 2.13. The van der Waals surface area contributed by atoms with Crippen molar-refractivity contribution in [2.24, 2.45) is 0 Å². The third-order valence-electron chi connectivity index (χ3n) is 5.63. The van der Waals surface area contributed by atoms with Crippen LogP contribution in [0.3, 0.4) is 0 Å². The van der Waals surface area contributed by atoms with E-state index >= 15 is 0 Å². The van der Waals surface area contributed by atoms with Crippen molar-refractivity contribution in [3.63, 3.8) is 0 Å². The lowest BCUT2D eigenvalue weighted by molar-refractivity contribution is 0.0997. The first-order valence-electron chi connectivity index (χ1n) is 10.5. The minimum Gasteiger partial charge on any atom is -0.459 e. The number of hydrogen-bond acceptors (Lipinski definition) is 7. The molecule has 0 saturated heterocycles. The van der Waals surface area contributed by atoms with E-state index in [1.54, 1.807) is 18.3 Å². The molecule has 0 fully saturated rings. The number of carbonyl (C=O) groups is 1. The lowest BCUT2D eigenvalue weighted by Gasteiger charge is -2.23. The van der Waals surface area contributed by atoms with Crippen LogP contribution >= 0.6 is 11.3 Å². The molecule has 2 N–H and O–H groups in total. The van der Waals surface area contributed by atoms with Crippen LogP contribution in [0.5, 0.6) is 11.5 Å². The Balaban J connectivity index is 1.59. The van der Waals surface area contributed by atoms with Gasteiger partial charge in [0.25, 0.3) is 5.91 Å². The van der Waals surface area contributed by atoms with Gasteiger partial charge in [-0.25, -0.2) is 4.98 Å². The Morgan fingerprint density at radius 2 is 1.94 bits per heavy atom. The summed E-state index contributed by atoms with van der Waals surface area (Å²) in [6.45, 7) is 6.34. The van der Waals surface area contributed by atoms with Crippen LogP contribution in [0, 0.1) is 20.8 Å². The Morgan fingerprint density at radius 3 is 2.73 bits per heavy atom. The summed E-state index contributed by atoms with van der Waals surface area (Å²) in [5, 5.41) is 7.37. The number of benzene rings is 1. The van der Waals surface area contributed by atoms with E-state index in [0.717, 1.165) is 43.7 Å². The van der Waals surface area contributed by atoms with Crippen molar-refractivity contribution in [3.8, 4) is 11.5 Å². The van der Waals surface area contributed by atoms with Crippen molar-refractivity contribution in [1.82, 2.24) is 4.98 Å². The molecule has 1 atom stereocenters. The van der Waals surface area contributed by atoms with Crippen LogP contribution in [-0.2, 0) is 0 Å². The van der Waals surface area contributed by atoms with Gasteiger partial charge in [0, 0.05) is 16.6 Å². The molecule has 0 unspecified atom stereocenters. The van der Waals surface area contributed by atoms with E-state index < -0.39 is 0 Å². The maximum Gasteiger partial charge on any atom is 0.291 e. The molecule has 0 radical (unpaired) electrons. The molecule has 0 aliphatic carbocycles. The normalized spacial score (nSPS) is 13.1. The van der Waals surface area contributed by atoms with Gasteiger partial charge < -0.3 is 24.5 Å². The number of pyridine rings is 1. The molecule has 4 heterocycles. The van der Waals surface area contributed by atoms with E-state index in [9.17, 15) is 4.79 Å². The van der Waals surface area contributed by atoms with Gasteiger partial charge in [-0.1, -0.05) is 6.07 Å². The van der Waals surface area contributed by atoms with Crippen LogP contribution < -0.4 is 20.1 Å². The Morgan fingerprint density at radius 1 is 1.09 bits per heavy atom. The number of anilines is 2. The zero-order valence-corrected chi connectivity index (χ0v) is 19.3. The fourth-order valence-corrected chi connectivity index (χ4v) is 4.93. The number of ether oxygens (including phenoxy) is 2. The van der Waals surface area contributed by atoms with Gasteiger partial charge >= 0.3 is 0 Å². The number of hydrogen-bond donors (Lipinski definition) is 2. The molecule has 7 nitrogen and oxygen atoms in total. The molecular weight excluding hydrogens is 438 g/mol. The SMILES string of the molecule is Cc1ccnc(N[C@H](c2ccc3c(c2)OCO3)c2c(NC(=O)c3ccco3)sc(C)c2C)c1. The van der Waals surface area contributed by atoms with Crippen molar-refractivity contribution < 1.29 is 18.7 Å². The molecule has 1 aliphatic heterocycles. The molecule has 0 spiro atoms. The zero-order chi connectivity index (χ0) is 22.9.